The molecule has 0 radical (unpaired) electrons. The van der Waals surface area contributed by atoms with E-state index < -0.39 is 6.04 Å². The molecule has 5 heteroatoms. The Morgan fingerprint density at radius 2 is 2.12 bits per heavy atom. The van der Waals surface area contributed by atoms with Crippen LogP contribution in [-0.2, 0) is 11.2 Å². The largest absolute Gasteiger partial charge is 0.466 e. The Labute approximate surface area is 108 Å². The van der Waals surface area contributed by atoms with Crippen molar-refractivity contribution in [3.05, 3.63) is 23.7 Å². The Hall–Kier alpha value is -1.00. The van der Waals surface area contributed by atoms with E-state index in [-0.39, 0.29) is 24.4 Å². The number of amides is 1. The van der Waals surface area contributed by atoms with Crippen molar-refractivity contribution >= 4 is 18.3 Å². The van der Waals surface area contributed by atoms with Crippen molar-refractivity contribution in [2.75, 3.05) is 0 Å². The van der Waals surface area contributed by atoms with E-state index in [9.17, 15) is 4.79 Å². The molecule has 1 rings (SSSR count). The number of aryl methyl sites for hydroxylation is 2. The minimum atomic E-state index is -0.451. The Morgan fingerprint density at radius 3 is 2.59 bits per heavy atom. The van der Waals surface area contributed by atoms with Crippen LogP contribution < -0.4 is 11.1 Å². The van der Waals surface area contributed by atoms with E-state index in [4.69, 9.17) is 10.2 Å². The lowest BCUT2D eigenvalue weighted by atomic mass is 10.1. The minimum Gasteiger partial charge on any atom is -0.466 e. The quantitative estimate of drug-likeness (QED) is 0.848. The lowest BCUT2D eigenvalue weighted by Crippen LogP contribution is -2.42. The van der Waals surface area contributed by atoms with E-state index in [2.05, 4.69) is 5.32 Å². The third-order valence-corrected chi connectivity index (χ3v) is 2.42. The lowest BCUT2D eigenvalue weighted by Gasteiger charge is -2.14. The molecule has 0 saturated carbocycles. The van der Waals surface area contributed by atoms with Crippen molar-refractivity contribution in [3.63, 3.8) is 0 Å². The maximum absolute atomic E-state index is 11.3. The van der Waals surface area contributed by atoms with Gasteiger partial charge in [0.25, 0.3) is 0 Å². The van der Waals surface area contributed by atoms with Crippen LogP contribution >= 0.6 is 12.4 Å². The third-order valence-electron chi connectivity index (χ3n) is 2.42. The van der Waals surface area contributed by atoms with Crippen molar-refractivity contribution in [2.45, 2.75) is 45.7 Å². The highest BCUT2D eigenvalue weighted by molar-refractivity contribution is 5.85. The highest BCUT2D eigenvalue weighted by Gasteiger charge is 2.11. The molecular weight excluding hydrogens is 240 g/mol. The molecule has 3 N–H and O–H groups in total. The molecule has 98 valence electrons. The van der Waals surface area contributed by atoms with Crippen molar-refractivity contribution < 1.29 is 9.21 Å². The number of halogens is 1. The van der Waals surface area contributed by atoms with Crippen molar-refractivity contribution in [3.8, 4) is 0 Å². The van der Waals surface area contributed by atoms with Crippen LogP contribution in [0.4, 0.5) is 0 Å². The summed E-state index contributed by atoms with van der Waals surface area (Å²) < 4.78 is 5.45. The van der Waals surface area contributed by atoms with E-state index in [1.807, 2.05) is 26.0 Å². The molecule has 0 saturated heterocycles. The Kier molecular flexibility index (Phi) is 6.92. The van der Waals surface area contributed by atoms with E-state index in [1.165, 1.54) is 0 Å². The Balaban J connectivity index is 0.00000256. The molecule has 0 aliphatic carbocycles. The van der Waals surface area contributed by atoms with E-state index in [0.29, 0.717) is 0 Å². The summed E-state index contributed by atoms with van der Waals surface area (Å²) in [5.41, 5.74) is 5.46. The standard InChI is InChI=1S/C12H20N2O2.ClH/c1-8(14-12(15)10(3)13)4-6-11-7-5-9(2)16-11;/h5,7-8,10H,4,6,13H2,1-3H3,(H,14,15);1H. The zero-order chi connectivity index (χ0) is 12.1. The first-order valence-electron chi connectivity index (χ1n) is 5.60. The first-order chi connectivity index (χ1) is 7.49. The highest BCUT2D eigenvalue weighted by Crippen LogP contribution is 2.09. The molecule has 2 atom stereocenters. The predicted octanol–water partition coefficient (Wildman–Crippen LogP) is 1.79. The van der Waals surface area contributed by atoms with Gasteiger partial charge in [0.2, 0.25) is 5.91 Å². The summed E-state index contributed by atoms with van der Waals surface area (Å²) in [5, 5.41) is 2.85. The first kappa shape index (κ1) is 16.0. The highest BCUT2D eigenvalue weighted by atomic mass is 35.5. The van der Waals surface area contributed by atoms with Crippen LogP contribution in [0.3, 0.4) is 0 Å². The van der Waals surface area contributed by atoms with Gasteiger partial charge in [-0.25, -0.2) is 0 Å². The number of carbonyl (C=O) groups is 1. The summed E-state index contributed by atoms with van der Waals surface area (Å²) in [6, 6.07) is 3.58. The number of nitrogens with two attached hydrogens (primary N) is 1. The van der Waals surface area contributed by atoms with Gasteiger partial charge in [-0.2, -0.15) is 0 Å². The summed E-state index contributed by atoms with van der Waals surface area (Å²) in [6.45, 7) is 5.57. The molecule has 4 nitrogen and oxygen atoms in total. The zero-order valence-electron chi connectivity index (χ0n) is 10.5. The molecule has 0 fully saturated rings. The van der Waals surface area contributed by atoms with Crippen LogP contribution in [0, 0.1) is 6.92 Å². The summed E-state index contributed by atoms with van der Waals surface area (Å²) >= 11 is 0. The molecule has 0 aromatic carbocycles. The normalized spacial score (nSPS) is 13.6. The number of furan rings is 1. The first-order valence-corrected chi connectivity index (χ1v) is 5.60. The second-order valence-electron chi connectivity index (χ2n) is 4.25. The Morgan fingerprint density at radius 1 is 1.47 bits per heavy atom. The number of carbonyl (C=O) groups excluding carboxylic acids is 1. The van der Waals surface area contributed by atoms with Crippen LogP contribution in [0.25, 0.3) is 0 Å². The van der Waals surface area contributed by atoms with Gasteiger partial charge in [-0.3, -0.25) is 4.79 Å². The molecule has 1 aromatic heterocycles. The molecule has 17 heavy (non-hydrogen) atoms. The number of hydrogen-bond acceptors (Lipinski definition) is 3. The van der Waals surface area contributed by atoms with Crippen LogP contribution in [-0.4, -0.2) is 18.0 Å². The van der Waals surface area contributed by atoms with Gasteiger partial charge in [0.15, 0.2) is 0 Å². The van der Waals surface area contributed by atoms with E-state index in [1.54, 1.807) is 6.92 Å². The van der Waals surface area contributed by atoms with Gasteiger partial charge in [0, 0.05) is 12.5 Å². The van der Waals surface area contributed by atoms with Crippen molar-refractivity contribution in [1.82, 2.24) is 5.32 Å². The summed E-state index contributed by atoms with van der Waals surface area (Å²) in [6.07, 6.45) is 1.68. The minimum absolute atomic E-state index is 0. The topological polar surface area (TPSA) is 68.3 Å². The second-order valence-corrected chi connectivity index (χ2v) is 4.25. The molecule has 0 bridgehead atoms. The van der Waals surface area contributed by atoms with Gasteiger partial charge in [-0.1, -0.05) is 0 Å². The van der Waals surface area contributed by atoms with Crippen LogP contribution in [0.5, 0.6) is 0 Å². The van der Waals surface area contributed by atoms with Gasteiger partial charge >= 0.3 is 0 Å². The fourth-order valence-corrected chi connectivity index (χ4v) is 1.42. The maximum atomic E-state index is 11.3. The van der Waals surface area contributed by atoms with Gasteiger partial charge in [-0.15, -0.1) is 12.4 Å². The average molecular weight is 261 g/mol. The van der Waals surface area contributed by atoms with Gasteiger partial charge in [0.1, 0.15) is 11.5 Å². The Bertz CT molecular complexity index is 350. The molecule has 1 heterocycles. The van der Waals surface area contributed by atoms with Crippen LogP contribution in [0.2, 0.25) is 0 Å². The molecule has 2 unspecified atom stereocenters. The summed E-state index contributed by atoms with van der Waals surface area (Å²) in [7, 11) is 0. The van der Waals surface area contributed by atoms with Crippen LogP contribution in [0.15, 0.2) is 16.5 Å². The molecule has 0 spiro atoms. The fraction of sp³-hybridized carbons (Fsp3) is 0.583. The fourth-order valence-electron chi connectivity index (χ4n) is 1.42. The molecule has 1 aromatic rings. The molecule has 0 aliphatic heterocycles. The SMILES string of the molecule is Cc1ccc(CCC(C)NC(=O)C(C)N)o1.Cl. The lowest BCUT2D eigenvalue weighted by molar-refractivity contribution is -0.122. The number of rotatable bonds is 5. The van der Waals surface area contributed by atoms with Crippen molar-refractivity contribution in [1.29, 1.82) is 0 Å². The van der Waals surface area contributed by atoms with Crippen molar-refractivity contribution in [2.24, 2.45) is 5.73 Å². The predicted molar refractivity (Wildman–Crippen MR) is 70.3 cm³/mol. The average Bonchev–Trinajstić information content (AvgIpc) is 2.61. The van der Waals surface area contributed by atoms with E-state index in [0.717, 1.165) is 24.4 Å². The number of nitrogens with one attached hydrogen (secondary N) is 1. The zero-order valence-corrected chi connectivity index (χ0v) is 11.3. The van der Waals surface area contributed by atoms with E-state index >= 15 is 0 Å². The summed E-state index contributed by atoms with van der Waals surface area (Å²) in [4.78, 5) is 11.3. The van der Waals surface area contributed by atoms with Crippen LogP contribution in [0.1, 0.15) is 31.8 Å². The second kappa shape index (κ2) is 7.35. The van der Waals surface area contributed by atoms with Gasteiger partial charge < -0.3 is 15.5 Å². The molecular formula is C12H21ClN2O2. The molecule has 0 aliphatic rings. The maximum Gasteiger partial charge on any atom is 0.236 e. The van der Waals surface area contributed by atoms with Gasteiger partial charge in [0.05, 0.1) is 6.04 Å². The molecule has 1 amide bonds. The third kappa shape index (κ3) is 5.75. The number of hydrogen-bond donors (Lipinski definition) is 2. The summed E-state index contributed by atoms with van der Waals surface area (Å²) in [5.74, 6) is 1.77. The van der Waals surface area contributed by atoms with Gasteiger partial charge in [-0.05, 0) is 39.3 Å². The smallest absolute Gasteiger partial charge is 0.236 e. The monoisotopic (exact) mass is 260 g/mol.